The molecule has 6 heteroatoms. The Morgan fingerprint density at radius 1 is 1.23 bits per heavy atom. The summed E-state index contributed by atoms with van der Waals surface area (Å²) in [6.07, 6.45) is 2.08. The largest absolute Gasteiger partial charge is 0.497 e. The number of carboxylic acids is 1. The van der Waals surface area contributed by atoms with E-state index in [2.05, 4.69) is 0 Å². The van der Waals surface area contributed by atoms with Crippen LogP contribution in [0.2, 0.25) is 0 Å². The lowest BCUT2D eigenvalue weighted by atomic mass is 10.1. The number of benzene rings is 1. The van der Waals surface area contributed by atoms with Gasteiger partial charge in [-0.05, 0) is 37.0 Å². The van der Waals surface area contributed by atoms with Crippen LogP contribution >= 0.6 is 0 Å². The number of nitrogens with zero attached hydrogens (tertiary/aromatic N) is 1. The first-order valence-corrected chi connectivity index (χ1v) is 7.29. The maximum Gasteiger partial charge on any atom is 0.326 e. The first kappa shape index (κ1) is 16.1. The monoisotopic (exact) mass is 307 g/mol. The molecule has 0 radical (unpaired) electrons. The zero-order chi connectivity index (χ0) is 16.1. The number of hydrogen-bond donors (Lipinski definition) is 1. The quantitative estimate of drug-likeness (QED) is 0.866. The molecule has 120 valence electrons. The fraction of sp³-hybridized carbons (Fsp3) is 0.500. The Morgan fingerprint density at radius 3 is 2.41 bits per heavy atom. The molecule has 1 fully saturated rings. The van der Waals surface area contributed by atoms with Gasteiger partial charge < -0.3 is 19.5 Å². The van der Waals surface area contributed by atoms with Crippen molar-refractivity contribution in [3.8, 4) is 11.5 Å². The summed E-state index contributed by atoms with van der Waals surface area (Å²) >= 11 is 0. The van der Waals surface area contributed by atoms with Crippen LogP contribution in [0.3, 0.4) is 0 Å². The summed E-state index contributed by atoms with van der Waals surface area (Å²) in [6, 6.07) is 4.81. The van der Waals surface area contributed by atoms with Gasteiger partial charge in [-0.25, -0.2) is 4.79 Å². The van der Waals surface area contributed by atoms with Gasteiger partial charge in [0.1, 0.15) is 17.5 Å². The van der Waals surface area contributed by atoms with Crippen LogP contribution in [-0.4, -0.2) is 48.7 Å². The van der Waals surface area contributed by atoms with E-state index in [9.17, 15) is 9.59 Å². The van der Waals surface area contributed by atoms with Gasteiger partial charge in [-0.2, -0.15) is 0 Å². The molecule has 1 aliphatic rings. The second kappa shape index (κ2) is 7.15. The molecular weight excluding hydrogens is 286 g/mol. The second-order valence-corrected chi connectivity index (χ2v) is 5.30. The summed E-state index contributed by atoms with van der Waals surface area (Å²) in [6.45, 7) is 0.525. The molecule has 1 aliphatic heterocycles. The maximum absolute atomic E-state index is 12.2. The summed E-state index contributed by atoms with van der Waals surface area (Å²) < 4.78 is 10.4. The summed E-state index contributed by atoms with van der Waals surface area (Å²) in [7, 11) is 3.15. The van der Waals surface area contributed by atoms with Crippen molar-refractivity contribution in [1.82, 2.24) is 4.90 Å². The van der Waals surface area contributed by atoms with Crippen LogP contribution in [0.1, 0.15) is 24.8 Å². The van der Waals surface area contributed by atoms with E-state index in [0.29, 0.717) is 30.9 Å². The molecule has 1 atom stereocenters. The minimum atomic E-state index is -0.922. The lowest BCUT2D eigenvalue weighted by molar-refractivity contribution is -0.148. The highest BCUT2D eigenvalue weighted by molar-refractivity contribution is 5.84. The molecule has 1 heterocycles. The van der Waals surface area contributed by atoms with Crippen LogP contribution in [-0.2, 0) is 16.0 Å². The minimum absolute atomic E-state index is 0.119. The molecule has 0 aliphatic carbocycles. The van der Waals surface area contributed by atoms with Crippen molar-refractivity contribution in [1.29, 1.82) is 0 Å². The van der Waals surface area contributed by atoms with Crippen LogP contribution in [0.25, 0.3) is 0 Å². The number of amides is 1. The van der Waals surface area contributed by atoms with Crippen LogP contribution < -0.4 is 9.47 Å². The molecule has 0 unspecified atom stereocenters. The number of carboxylic acid groups (broad SMARTS) is 1. The third kappa shape index (κ3) is 3.69. The summed E-state index contributed by atoms with van der Waals surface area (Å²) in [4.78, 5) is 24.8. The molecule has 1 aromatic rings. The van der Waals surface area contributed by atoms with Crippen molar-refractivity contribution in [2.75, 3.05) is 20.8 Å². The van der Waals surface area contributed by atoms with Gasteiger partial charge in [0.25, 0.3) is 0 Å². The standard InChI is InChI=1S/C16H21NO5/c1-21-12-8-11(9-13(10-12)22-2)5-6-15(18)17-7-3-4-14(17)16(19)20/h8-10,14H,3-7H2,1-2H3,(H,19,20)/t14-/m1/s1. The van der Waals surface area contributed by atoms with Crippen molar-refractivity contribution in [2.45, 2.75) is 31.7 Å². The second-order valence-electron chi connectivity index (χ2n) is 5.30. The van der Waals surface area contributed by atoms with Crippen molar-refractivity contribution in [3.63, 3.8) is 0 Å². The van der Waals surface area contributed by atoms with Gasteiger partial charge in [-0.3, -0.25) is 4.79 Å². The van der Waals surface area contributed by atoms with E-state index < -0.39 is 12.0 Å². The number of aryl methyl sites for hydroxylation is 1. The first-order chi connectivity index (χ1) is 10.5. The first-order valence-electron chi connectivity index (χ1n) is 7.29. The molecule has 1 N–H and O–H groups in total. The maximum atomic E-state index is 12.2. The van der Waals surface area contributed by atoms with Crippen LogP contribution in [0.15, 0.2) is 18.2 Å². The van der Waals surface area contributed by atoms with Gasteiger partial charge in [0.2, 0.25) is 5.91 Å². The SMILES string of the molecule is COc1cc(CCC(=O)N2CCC[C@@H]2C(=O)O)cc(OC)c1. The Hall–Kier alpha value is -2.24. The molecule has 22 heavy (non-hydrogen) atoms. The molecule has 0 saturated carbocycles. The van der Waals surface area contributed by atoms with Gasteiger partial charge in [0.15, 0.2) is 0 Å². The van der Waals surface area contributed by atoms with E-state index in [4.69, 9.17) is 14.6 Å². The predicted molar refractivity (Wildman–Crippen MR) is 80.2 cm³/mol. The fourth-order valence-electron chi connectivity index (χ4n) is 2.73. The lowest BCUT2D eigenvalue weighted by Crippen LogP contribution is -2.40. The molecule has 1 aromatic carbocycles. The zero-order valence-corrected chi connectivity index (χ0v) is 12.9. The number of carbonyl (C=O) groups excluding carboxylic acids is 1. The van der Waals surface area contributed by atoms with E-state index in [-0.39, 0.29) is 12.3 Å². The average Bonchev–Trinajstić information content (AvgIpc) is 3.02. The zero-order valence-electron chi connectivity index (χ0n) is 12.9. The average molecular weight is 307 g/mol. The van der Waals surface area contributed by atoms with Crippen LogP contribution in [0.4, 0.5) is 0 Å². The van der Waals surface area contributed by atoms with Gasteiger partial charge in [-0.15, -0.1) is 0 Å². The minimum Gasteiger partial charge on any atom is -0.497 e. The molecule has 1 saturated heterocycles. The third-order valence-electron chi connectivity index (χ3n) is 3.90. The fourth-order valence-corrected chi connectivity index (χ4v) is 2.73. The highest BCUT2D eigenvalue weighted by Crippen LogP contribution is 2.24. The Balaban J connectivity index is 2.00. The van der Waals surface area contributed by atoms with Crippen LogP contribution in [0.5, 0.6) is 11.5 Å². The van der Waals surface area contributed by atoms with E-state index in [0.717, 1.165) is 12.0 Å². The molecule has 0 spiro atoms. The lowest BCUT2D eigenvalue weighted by Gasteiger charge is -2.21. The summed E-state index contributed by atoms with van der Waals surface area (Å²) in [5, 5.41) is 9.13. The summed E-state index contributed by atoms with van der Waals surface area (Å²) in [5.41, 5.74) is 0.927. The van der Waals surface area contributed by atoms with Crippen molar-refractivity contribution < 1.29 is 24.2 Å². The van der Waals surface area contributed by atoms with Crippen molar-refractivity contribution in [3.05, 3.63) is 23.8 Å². The Kier molecular flexibility index (Phi) is 5.25. The molecular formula is C16H21NO5. The normalized spacial score (nSPS) is 17.4. The van der Waals surface area contributed by atoms with Crippen molar-refractivity contribution >= 4 is 11.9 Å². The van der Waals surface area contributed by atoms with Crippen molar-refractivity contribution in [2.24, 2.45) is 0 Å². The van der Waals surface area contributed by atoms with E-state index in [1.165, 1.54) is 4.90 Å². The Labute approximate surface area is 129 Å². The molecule has 2 rings (SSSR count). The van der Waals surface area contributed by atoms with E-state index in [1.54, 1.807) is 20.3 Å². The highest BCUT2D eigenvalue weighted by Gasteiger charge is 2.33. The topological polar surface area (TPSA) is 76.1 Å². The summed E-state index contributed by atoms with van der Waals surface area (Å²) in [5.74, 6) is 0.304. The number of rotatable bonds is 6. The van der Waals surface area contributed by atoms with E-state index in [1.807, 2.05) is 12.1 Å². The number of aliphatic carboxylic acids is 1. The third-order valence-corrected chi connectivity index (χ3v) is 3.90. The van der Waals surface area contributed by atoms with E-state index >= 15 is 0 Å². The molecule has 0 bridgehead atoms. The predicted octanol–water partition coefficient (Wildman–Crippen LogP) is 1.71. The van der Waals surface area contributed by atoms with Gasteiger partial charge in [0, 0.05) is 19.0 Å². The Bertz CT molecular complexity index is 535. The number of ether oxygens (including phenoxy) is 2. The number of hydrogen-bond acceptors (Lipinski definition) is 4. The van der Waals surface area contributed by atoms with Gasteiger partial charge in [0.05, 0.1) is 14.2 Å². The molecule has 0 aromatic heterocycles. The van der Waals surface area contributed by atoms with Gasteiger partial charge in [-0.1, -0.05) is 0 Å². The molecule has 6 nitrogen and oxygen atoms in total. The number of likely N-dealkylation sites (tertiary alicyclic amines) is 1. The molecule has 1 amide bonds. The highest BCUT2D eigenvalue weighted by atomic mass is 16.5. The van der Waals surface area contributed by atoms with Crippen LogP contribution in [0, 0.1) is 0 Å². The number of carbonyl (C=O) groups is 2. The Morgan fingerprint density at radius 2 is 1.86 bits per heavy atom. The smallest absolute Gasteiger partial charge is 0.326 e. The van der Waals surface area contributed by atoms with Gasteiger partial charge >= 0.3 is 5.97 Å². The number of methoxy groups -OCH3 is 2.